The van der Waals surface area contributed by atoms with Crippen molar-refractivity contribution >= 4 is 17.2 Å². The van der Waals surface area contributed by atoms with Gasteiger partial charge in [-0.2, -0.15) is 0 Å². The van der Waals surface area contributed by atoms with E-state index in [2.05, 4.69) is 4.98 Å². The maximum atomic E-state index is 12.8. The van der Waals surface area contributed by atoms with Crippen molar-refractivity contribution in [2.45, 2.75) is 32.9 Å². The Kier molecular flexibility index (Phi) is 6.88. The smallest absolute Gasteiger partial charge is 0.228 e. The molecule has 0 aliphatic carbocycles. The molecule has 1 atom stereocenters. The molecule has 0 saturated heterocycles. The molecule has 0 N–H and O–H groups in total. The monoisotopic (exact) mass is 410 g/mol. The van der Waals surface area contributed by atoms with Gasteiger partial charge in [0, 0.05) is 18.0 Å². The average molecular weight is 411 g/mol. The van der Waals surface area contributed by atoms with Crippen LogP contribution in [0.3, 0.4) is 0 Å². The van der Waals surface area contributed by atoms with Crippen molar-refractivity contribution in [3.05, 3.63) is 75.7 Å². The third-order valence-corrected chi connectivity index (χ3v) is 5.75. The van der Waals surface area contributed by atoms with Crippen molar-refractivity contribution in [2.24, 2.45) is 0 Å². The number of aromatic nitrogens is 1. The average Bonchev–Trinajstić information content (AvgIpc) is 3.19. The van der Waals surface area contributed by atoms with E-state index in [-0.39, 0.29) is 18.4 Å². The Morgan fingerprint density at radius 3 is 2.62 bits per heavy atom. The minimum absolute atomic E-state index is 0.0136. The lowest BCUT2D eigenvalue weighted by atomic mass is 10.1. The van der Waals surface area contributed by atoms with E-state index in [0.29, 0.717) is 6.61 Å². The fourth-order valence-electron chi connectivity index (χ4n) is 2.99. The number of amides is 1. The molecule has 1 aromatic heterocycles. The normalized spacial score (nSPS) is 11.7. The summed E-state index contributed by atoms with van der Waals surface area (Å²) in [4.78, 5) is 19.1. The largest absolute Gasteiger partial charge is 0.496 e. The summed E-state index contributed by atoms with van der Waals surface area (Å²) < 4.78 is 11.2. The number of hydrogen-bond acceptors (Lipinski definition) is 5. The molecule has 152 valence electrons. The first-order chi connectivity index (χ1) is 14.0. The van der Waals surface area contributed by atoms with E-state index in [0.717, 1.165) is 27.8 Å². The molecule has 5 nitrogen and oxygen atoms in total. The number of aryl methyl sites for hydroxylation is 1. The number of methoxy groups -OCH3 is 1. The van der Waals surface area contributed by atoms with Crippen LogP contribution in [0.25, 0.3) is 0 Å². The molecule has 0 radical (unpaired) electrons. The zero-order chi connectivity index (χ0) is 20.8. The van der Waals surface area contributed by atoms with E-state index in [9.17, 15) is 4.79 Å². The van der Waals surface area contributed by atoms with Crippen molar-refractivity contribution in [1.29, 1.82) is 0 Å². The van der Waals surface area contributed by atoms with Crippen LogP contribution in [-0.2, 0) is 17.8 Å². The quantitative estimate of drug-likeness (QED) is 0.535. The number of hydrogen-bond donors (Lipinski definition) is 0. The van der Waals surface area contributed by atoms with Crippen molar-refractivity contribution in [1.82, 2.24) is 9.88 Å². The van der Waals surface area contributed by atoms with Gasteiger partial charge in [0.05, 0.1) is 25.3 Å². The molecule has 0 aliphatic heterocycles. The molecular formula is C23H26N2O3S. The second kappa shape index (κ2) is 9.56. The summed E-state index contributed by atoms with van der Waals surface area (Å²) in [5.41, 5.74) is 2.94. The lowest BCUT2D eigenvalue weighted by Gasteiger charge is -2.26. The van der Waals surface area contributed by atoms with Gasteiger partial charge in [-0.05, 0) is 32.0 Å². The van der Waals surface area contributed by atoms with Gasteiger partial charge in [-0.15, -0.1) is 11.3 Å². The third-order valence-electron chi connectivity index (χ3n) is 4.88. The molecule has 0 spiro atoms. The topological polar surface area (TPSA) is 51.7 Å². The first-order valence-corrected chi connectivity index (χ1v) is 10.4. The number of likely N-dealkylation sites (N-methyl/N-ethyl adjacent to an activating group) is 1. The third kappa shape index (κ3) is 5.35. The van der Waals surface area contributed by atoms with Crippen LogP contribution in [0.2, 0.25) is 0 Å². The zero-order valence-corrected chi connectivity index (χ0v) is 18.0. The number of carbonyl (C=O) groups excluding carboxylic acids is 1. The van der Waals surface area contributed by atoms with Gasteiger partial charge in [-0.3, -0.25) is 4.79 Å². The van der Waals surface area contributed by atoms with Crippen LogP contribution >= 0.6 is 11.3 Å². The molecule has 29 heavy (non-hydrogen) atoms. The molecule has 0 saturated carbocycles. The maximum Gasteiger partial charge on any atom is 0.228 e. The summed E-state index contributed by atoms with van der Waals surface area (Å²) in [6, 6.07) is 15.6. The first-order valence-electron chi connectivity index (χ1n) is 9.49. The number of thiazole rings is 1. The summed E-state index contributed by atoms with van der Waals surface area (Å²) in [5.74, 6) is 1.61. The lowest BCUT2D eigenvalue weighted by Crippen LogP contribution is -2.31. The standard InChI is InChI=1S/C23H26N2O3S/c1-16-9-11-19(12-10-16)28-14-22-24-18(15-29-22)13-23(26)25(3)17(2)20-7-5-6-8-21(20)27-4/h5-12,15,17H,13-14H2,1-4H3. The molecule has 1 heterocycles. The van der Waals surface area contributed by atoms with Crippen LogP contribution in [0.5, 0.6) is 11.5 Å². The van der Waals surface area contributed by atoms with Crippen LogP contribution in [0.4, 0.5) is 0 Å². The van der Waals surface area contributed by atoms with E-state index in [1.807, 2.05) is 74.8 Å². The molecule has 0 aliphatic rings. The van der Waals surface area contributed by atoms with E-state index in [1.165, 1.54) is 16.9 Å². The summed E-state index contributed by atoms with van der Waals surface area (Å²) in [6.07, 6.45) is 0.261. The summed E-state index contributed by atoms with van der Waals surface area (Å²) in [5, 5.41) is 2.78. The molecule has 3 aromatic rings. The minimum atomic E-state index is -0.0957. The predicted octanol–water partition coefficient (Wildman–Crippen LogP) is 4.80. The SMILES string of the molecule is COc1ccccc1C(C)N(C)C(=O)Cc1csc(COc2ccc(C)cc2)n1. The number of carbonyl (C=O) groups is 1. The number of rotatable bonds is 8. The van der Waals surface area contributed by atoms with E-state index in [1.54, 1.807) is 12.0 Å². The highest BCUT2D eigenvalue weighted by Gasteiger charge is 2.21. The second-order valence-electron chi connectivity index (χ2n) is 6.93. The second-order valence-corrected chi connectivity index (χ2v) is 7.88. The maximum absolute atomic E-state index is 12.8. The lowest BCUT2D eigenvalue weighted by molar-refractivity contribution is -0.131. The Labute approximate surface area is 175 Å². The Balaban J connectivity index is 1.58. The van der Waals surface area contributed by atoms with Crippen molar-refractivity contribution in [2.75, 3.05) is 14.2 Å². The fraction of sp³-hybridized carbons (Fsp3) is 0.304. The van der Waals surface area contributed by atoms with Crippen LogP contribution in [-0.4, -0.2) is 29.9 Å². The Bertz CT molecular complexity index is 953. The Morgan fingerprint density at radius 1 is 1.17 bits per heavy atom. The van der Waals surface area contributed by atoms with Gasteiger partial charge in [-0.25, -0.2) is 4.98 Å². The highest BCUT2D eigenvalue weighted by molar-refractivity contribution is 7.09. The van der Waals surface area contributed by atoms with Crippen LogP contribution < -0.4 is 9.47 Å². The van der Waals surface area contributed by atoms with Crippen molar-refractivity contribution < 1.29 is 14.3 Å². The van der Waals surface area contributed by atoms with Crippen LogP contribution in [0.15, 0.2) is 53.9 Å². The molecule has 2 aromatic carbocycles. The summed E-state index contributed by atoms with van der Waals surface area (Å²) in [6.45, 7) is 4.44. The van der Waals surface area contributed by atoms with Crippen LogP contribution in [0, 0.1) is 6.92 Å². The van der Waals surface area contributed by atoms with E-state index < -0.39 is 0 Å². The summed E-state index contributed by atoms with van der Waals surface area (Å²) >= 11 is 1.51. The fourth-order valence-corrected chi connectivity index (χ4v) is 3.70. The van der Waals surface area contributed by atoms with Gasteiger partial charge < -0.3 is 14.4 Å². The molecule has 1 unspecified atom stereocenters. The Hall–Kier alpha value is -2.86. The molecule has 6 heteroatoms. The van der Waals surface area contributed by atoms with Gasteiger partial charge in [0.15, 0.2) is 0 Å². The highest BCUT2D eigenvalue weighted by Crippen LogP contribution is 2.28. The molecule has 0 fully saturated rings. The first kappa shape index (κ1) is 20.9. The van der Waals surface area contributed by atoms with Crippen molar-refractivity contribution in [3.63, 3.8) is 0 Å². The molecular weight excluding hydrogens is 384 g/mol. The number of benzene rings is 2. The van der Waals surface area contributed by atoms with Gasteiger partial charge >= 0.3 is 0 Å². The van der Waals surface area contributed by atoms with Gasteiger partial charge in [0.1, 0.15) is 23.1 Å². The van der Waals surface area contributed by atoms with Gasteiger partial charge in [-0.1, -0.05) is 35.9 Å². The number of para-hydroxylation sites is 1. The Morgan fingerprint density at radius 2 is 1.90 bits per heavy atom. The molecule has 3 rings (SSSR count). The molecule has 1 amide bonds. The van der Waals surface area contributed by atoms with Gasteiger partial charge in [0.2, 0.25) is 5.91 Å². The number of nitrogens with zero attached hydrogens (tertiary/aromatic N) is 2. The molecule has 0 bridgehead atoms. The van der Waals surface area contributed by atoms with Gasteiger partial charge in [0.25, 0.3) is 0 Å². The minimum Gasteiger partial charge on any atom is -0.496 e. The predicted molar refractivity (Wildman–Crippen MR) is 116 cm³/mol. The highest BCUT2D eigenvalue weighted by atomic mass is 32.1. The van der Waals surface area contributed by atoms with Crippen molar-refractivity contribution in [3.8, 4) is 11.5 Å². The van der Waals surface area contributed by atoms with Crippen LogP contribution in [0.1, 0.15) is 34.8 Å². The van der Waals surface area contributed by atoms with E-state index >= 15 is 0 Å². The number of ether oxygens (including phenoxy) is 2. The summed E-state index contributed by atoms with van der Waals surface area (Å²) in [7, 11) is 3.45. The zero-order valence-electron chi connectivity index (χ0n) is 17.2. The van der Waals surface area contributed by atoms with E-state index in [4.69, 9.17) is 9.47 Å².